The molecule has 1 aromatic heterocycles. The van der Waals surface area contributed by atoms with E-state index in [0.29, 0.717) is 38.4 Å². The summed E-state index contributed by atoms with van der Waals surface area (Å²) in [4.78, 5) is 6.95. The van der Waals surface area contributed by atoms with Crippen LogP contribution in [0.15, 0.2) is 66.6 Å². The molecule has 0 saturated carbocycles. The minimum Gasteiger partial charge on any atom is -0.373 e. The third-order valence-corrected chi connectivity index (χ3v) is 9.82. The molecule has 4 aromatic rings. The van der Waals surface area contributed by atoms with Gasteiger partial charge in [0.2, 0.25) is 0 Å². The van der Waals surface area contributed by atoms with Gasteiger partial charge in [0.05, 0.1) is 49.3 Å². The molecule has 0 amide bonds. The third-order valence-electron chi connectivity index (χ3n) is 8.55. The first kappa shape index (κ1) is 33.4. The number of nitrogens with one attached hydrogen (secondary N) is 4. The van der Waals surface area contributed by atoms with Gasteiger partial charge >= 0.3 is 0 Å². The highest BCUT2D eigenvalue weighted by atomic mass is 35.5. The molecule has 1 atom stereocenters. The first-order valence-electron chi connectivity index (χ1n) is 15.1. The Hall–Kier alpha value is -3.49. The minimum atomic E-state index is -0.628. The van der Waals surface area contributed by atoms with Gasteiger partial charge in [-0.15, -0.1) is 5.53 Å². The zero-order valence-electron chi connectivity index (χ0n) is 25.9. The fourth-order valence-electron chi connectivity index (χ4n) is 5.98. The molecule has 6 rings (SSSR count). The number of hydrogen-bond donors (Lipinski definition) is 4. The van der Waals surface area contributed by atoms with Crippen molar-refractivity contribution >= 4 is 74.4 Å². The number of benzene rings is 3. The molecule has 0 bridgehead atoms. The highest BCUT2D eigenvalue weighted by molar-refractivity contribution is 6.42. The van der Waals surface area contributed by atoms with Crippen molar-refractivity contribution in [2.75, 3.05) is 23.7 Å². The number of piperidine rings is 1. The molecule has 0 unspecified atom stereocenters. The van der Waals surface area contributed by atoms with Crippen molar-refractivity contribution in [2.45, 2.75) is 51.2 Å². The lowest BCUT2D eigenvalue weighted by atomic mass is 9.98. The molecule has 47 heavy (non-hydrogen) atoms. The van der Waals surface area contributed by atoms with Gasteiger partial charge < -0.3 is 16.1 Å². The maximum Gasteiger partial charge on any atom is 0.148 e. The predicted octanol–water partition coefficient (Wildman–Crippen LogP) is 9.19. The van der Waals surface area contributed by atoms with E-state index in [1.54, 1.807) is 6.07 Å². The van der Waals surface area contributed by atoms with Crippen molar-refractivity contribution in [3.05, 3.63) is 104 Å². The van der Waals surface area contributed by atoms with Gasteiger partial charge in [0, 0.05) is 53.2 Å². The van der Waals surface area contributed by atoms with Crippen molar-refractivity contribution in [1.29, 1.82) is 5.26 Å². The molecular formula is C34H33Cl4FN8. The van der Waals surface area contributed by atoms with E-state index in [1.165, 1.54) is 12.3 Å². The molecule has 0 spiro atoms. The largest absolute Gasteiger partial charge is 0.373 e. The smallest absolute Gasteiger partial charge is 0.148 e. The summed E-state index contributed by atoms with van der Waals surface area (Å²) in [6.45, 7) is 8.80. The molecule has 244 valence electrons. The standard InChI is InChI=1S/C34H33Cl4FN8/c1-34(2,3)46-10-8-23(9-11-46)47-18-30(44-45-47)32(19-4-6-21(35)7-5-19)42-22-12-24-31(20(16-40)17-41-33(24)27(38)13-22)43-29-15-26(37)25(36)14-28(29)39/h4-7,12-15,17-18,23,32,42,44-45H,8-11H2,1-3H3,(H,41,43)/t32-/m0/s1. The quantitative estimate of drug-likeness (QED) is 0.141. The van der Waals surface area contributed by atoms with E-state index in [9.17, 15) is 9.65 Å². The van der Waals surface area contributed by atoms with Crippen LogP contribution in [0.1, 0.15) is 50.8 Å². The Morgan fingerprint density at radius 2 is 1.70 bits per heavy atom. The number of nitriles is 1. The number of rotatable bonds is 7. The number of nitrogens with zero attached hydrogens (tertiary/aromatic N) is 4. The Labute approximate surface area is 293 Å². The van der Waals surface area contributed by atoms with Gasteiger partial charge in [0.1, 0.15) is 11.9 Å². The second-order valence-electron chi connectivity index (χ2n) is 12.6. The van der Waals surface area contributed by atoms with Crippen LogP contribution >= 0.6 is 46.4 Å². The molecular weight excluding hydrogens is 681 g/mol. The van der Waals surface area contributed by atoms with E-state index in [2.05, 4.69) is 69.5 Å². The molecule has 3 heterocycles. The number of likely N-dealkylation sites (tertiary alicyclic amines) is 1. The summed E-state index contributed by atoms with van der Waals surface area (Å²) in [6.07, 6.45) is 5.55. The summed E-state index contributed by atoms with van der Waals surface area (Å²) in [7, 11) is 0. The van der Waals surface area contributed by atoms with Gasteiger partial charge in [-0.25, -0.2) is 4.39 Å². The molecule has 13 heteroatoms. The number of anilines is 3. The monoisotopic (exact) mass is 712 g/mol. The SMILES string of the molecule is CC(C)(C)N1CCC(N2C=C([C@@H](Nc3cc(Cl)c4ncc(C#N)c(Nc5cc(Cl)c(Cl)cc5F)c4c3)c3ccc(Cl)cc3)NN2)CC1. The van der Waals surface area contributed by atoms with Crippen LogP contribution in [-0.2, 0) is 0 Å². The second-order valence-corrected chi connectivity index (χ2v) is 14.3. The maximum absolute atomic E-state index is 14.9. The van der Waals surface area contributed by atoms with Gasteiger partial charge in [-0.1, -0.05) is 58.5 Å². The molecule has 8 nitrogen and oxygen atoms in total. The fraction of sp³-hybridized carbons (Fsp3) is 0.294. The van der Waals surface area contributed by atoms with E-state index in [0.717, 1.165) is 43.3 Å². The molecule has 2 aliphatic rings. The lowest BCUT2D eigenvalue weighted by Crippen LogP contribution is -2.52. The predicted molar refractivity (Wildman–Crippen MR) is 190 cm³/mol. The van der Waals surface area contributed by atoms with E-state index >= 15 is 0 Å². The van der Waals surface area contributed by atoms with Crippen LogP contribution < -0.4 is 21.6 Å². The Balaban J connectivity index is 1.35. The lowest BCUT2D eigenvalue weighted by Gasteiger charge is -2.42. The third kappa shape index (κ3) is 7.19. The number of hydrogen-bond acceptors (Lipinski definition) is 8. The summed E-state index contributed by atoms with van der Waals surface area (Å²) in [5, 5.41) is 20.5. The van der Waals surface area contributed by atoms with Crippen LogP contribution in [0.4, 0.5) is 21.5 Å². The van der Waals surface area contributed by atoms with Gasteiger partial charge in [-0.2, -0.15) is 5.26 Å². The highest BCUT2D eigenvalue weighted by Crippen LogP contribution is 2.39. The maximum atomic E-state index is 14.9. The average Bonchev–Trinajstić information content (AvgIpc) is 3.53. The zero-order chi connectivity index (χ0) is 33.5. The van der Waals surface area contributed by atoms with E-state index in [1.807, 2.05) is 30.3 Å². The molecule has 2 aliphatic heterocycles. The van der Waals surface area contributed by atoms with Crippen LogP contribution in [0.3, 0.4) is 0 Å². The first-order chi connectivity index (χ1) is 22.4. The molecule has 3 aromatic carbocycles. The molecule has 1 saturated heterocycles. The highest BCUT2D eigenvalue weighted by Gasteiger charge is 2.32. The first-order valence-corrected chi connectivity index (χ1v) is 16.6. The van der Waals surface area contributed by atoms with Crippen molar-refractivity contribution in [3.63, 3.8) is 0 Å². The van der Waals surface area contributed by atoms with Crippen LogP contribution in [-0.4, -0.2) is 39.6 Å². The summed E-state index contributed by atoms with van der Waals surface area (Å²) < 4.78 is 14.9. The summed E-state index contributed by atoms with van der Waals surface area (Å²) >= 11 is 25.2. The second kappa shape index (κ2) is 13.6. The van der Waals surface area contributed by atoms with E-state index in [4.69, 9.17) is 46.4 Å². The van der Waals surface area contributed by atoms with Crippen LogP contribution in [0, 0.1) is 17.1 Å². The molecule has 4 N–H and O–H groups in total. The van der Waals surface area contributed by atoms with Crippen LogP contribution in [0.25, 0.3) is 10.9 Å². The van der Waals surface area contributed by atoms with E-state index in [-0.39, 0.29) is 32.9 Å². The van der Waals surface area contributed by atoms with Crippen molar-refractivity contribution in [1.82, 2.24) is 25.9 Å². The lowest BCUT2D eigenvalue weighted by molar-refractivity contribution is 0.0570. The Kier molecular flexibility index (Phi) is 9.64. The van der Waals surface area contributed by atoms with Crippen molar-refractivity contribution in [3.8, 4) is 6.07 Å². The Bertz CT molecular complexity index is 1880. The zero-order valence-corrected chi connectivity index (χ0v) is 29.0. The number of hydrazine groups is 2. The average molecular weight is 715 g/mol. The van der Waals surface area contributed by atoms with Gasteiger partial charge in [-0.3, -0.25) is 14.9 Å². The van der Waals surface area contributed by atoms with Crippen LogP contribution in [0.5, 0.6) is 0 Å². The summed E-state index contributed by atoms with van der Waals surface area (Å²) in [6, 6.07) is 15.8. The van der Waals surface area contributed by atoms with Gasteiger partial charge in [0.25, 0.3) is 0 Å². The number of fused-ring (bicyclic) bond motifs is 1. The normalized spacial score (nSPS) is 16.5. The molecule has 0 aliphatic carbocycles. The molecule has 1 fully saturated rings. The number of halogens is 5. The van der Waals surface area contributed by atoms with Crippen molar-refractivity contribution in [2.24, 2.45) is 0 Å². The van der Waals surface area contributed by atoms with Crippen LogP contribution in [0.2, 0.25) is 20.1 Å². The molecule has 0 radical (unpaired) electrons. The summed E-state index contributed by atoms with van der Waals surface area (Å²) in [5.74, 6) is -0.628. The Morgan fingerprint density at radius 3 is 2.38 bits per heavy atom. The van der Waals surface area contributed by atoms with Crippen molar-refractivity contribution < 1.29 is 4.39 Å². The Morgan fingerprint density at radius 1 is 1.00 bits per heavy atom. The number of pyridine rings is 1. The van der Waals surface area contributed by atoms with E-state index < -0.39 is 5.82 Å². The van der Waals surface area contributed by atoms with Gasteiger partial charge in [0.15, 0.2) is 0 Å². The topological polar surface area (TPSA) is 91.3 Å². The fourth-order valence-corrected chi connectivity index (χ4v) is 6.69. The summed E-state index contributed by atoms with van der Waals surface area (Å²) in [5.41, 5.74) is 10.4. The van der Waals surface area contributed by atoms with Gasteiger partial charge in [-0.05, 0) is 75.6 Å². The number of aromatic nitrogens is 1. The minimum absolute atomic E-state index is 0.0525.